The van der Waals surface area contributed by atoms with Crippen molar-refractivity contribution in [3.05, 3.63) is 0 Å². The zero-order valence-corrected chi connectivity index (χ0v) is 8.85. The molecule has 0 bridgehead atoms. The number of aliphatic carboxylic acids is 1. The number of carboxylic acids is 1. The van der Waals surface area contributed by atoms with Gasteiger partial charge in [0.1, 0.15) is 0 Å². The largest absolute Gasteiger partial charge is 0.481 e. The molecule has 2 N–H and O–H groups in total. The fourth-order valence-corrected chi connectivity index (χ4v) is 1.85. The van der Waals surface area contributed by atoms with Crippen molar-refractivity contribution in [1.29, 1.82) is 0 Å². The Morgan fingerprint density at radius 3 is 2.47 bits per heavy atom. The molecule has 1 rings (SSSR count). The van der Waals surface area contributed by atoms with E-state index in [0.29, 0.717) is 19.0 Å². The zero-order chi connectivity index (χ0) is 11.4. The molecule has 2 atom stereocenters. The van der Waals surface area contributed by atoms with Gasteiger partial charge in [0.25, 0.3) is 0 Å². The first kappa shape index (κ1) is 12.0. The van der Waals surface area contributed by atoms with Crippen molar-refractivity contribution in [1.82, 2.24) is 4.90 Å². The summed E-state index contributed by atoms with van der Waals surface area (Å²) in [5.74, 6) is -0.642. The second-order valence-corrected chi connectivity index (χ2v) is 4.11. The van der Waals surface area contributed by atoms with Crippen LogP contribution in [0.4, 0.5) is 0 Å². The van der Waals surface area contributed by atoms with E-state index in [9.17, 15) is 9.59 Å². The molecule has 5 nitrogen and oxygen atoms in total. The molecular weight excluding hydrogens is 198 g/mol. The lowest BCUT2D eigenvalue weighted by atomic mass is 10.00. The van der Waals surface area contributed by atoms with Crippen LogP contribution in [-0.4, -0.2) is 46.7 Å². The van der Waals surface area contributed by atoms with Gasteiger partial charge < -0.3 is 15.1 Å². The minimum atomic E-state index is -0.950. The van der Waals surface area contributed by atoms with E-state index in [0.717, 1.165) is 0 Å². The predicted octanol–water partition coefficient (Wildman–Crippen LogP) is -0.0620. The van der Waals surface area contributed by atoms with Gasteiger partial charge in [-0.05, 0) is 5.92 Å². The van der Waals surface area contributed by atoms with Crippen LogP contribution in [0.3, 0.4) is 0 Å². The molecule has 1 amide bonds. The van der Waals surface area contributed by atoms with Crippen molar-refractivity contribution in [2.45, 2.75) is 19.8 Å². The Labute approximate surface area is 88.7 Å². The van der Waals surface area contributed by atoms with Crippen LogP contribution in [0.1, 0.15) is 19.8 Å². The topological polar surface area (TPSA) is 77.8 Å². The Hall–Kier alpha value is -1.10. The summed E-state index contributed by atoms with van der Waals surface area (Å²) in [5.41, 5.74) is 0. The molecule has 1 aliphatic rings. The van der Waals surface area contributed by atoms with Crippen molar-refractivity contribution in [2.24, 2.45) is 11.8 Å². The first-order valence-electron chi connectivity index (χ1n) is 5.15. The van der Waals surface area contributed by atoms with Crippen LogP contribution in [0.25, 0.3) is 0 Å². The number of aliphatic hydroxyl groups is 1. The van der Waals surface area contributed by atoms with Gasteiger partial charge in [0, 0.05) is 32.0 Å². The summed E-state index contributed by atoms with van der Waals surface area (Å²) in [6, 6.07) is 0. The van der Waals surface area contributed by atoms with Gasteiger partial charge in [-0.1, -0.05) is 6.92 Å². The molecule has 0 radical (unpaired) electrons. The van der Waals surface area contributed by atoms with Crippen LogP contribution in [0, 0.1) is 11.8 Å². The molecule has 0 aromatic heterocycles. The van der Waals surface area contributed by atoms with Gasteiger partial charge in [-0.15, -0.1) is 0 Å². The summed E-state index contributed by atoms with van der Waals surface area (Å²) in [5, 5.41) is 17.5. The van der Waals surface area contributed by atoms with Crippen LogP contribution in [0.2, 0.25) is 0 Å². The third kappa shape index (κ3) is 3.20. The molecule has 1 aliphatic heterocycles. The fraction of sp³-hybridized carbons (Fsp3) is 0.800. The lowest BCUT2D eigenvalue weighted by molar-refractivity contribution is -0.140. The van der Waals surface area contributed by atoms with Crippen LogP contribution in [0.15, 0.2) is 0 Å². The summed E-state index contributed by atoms with van der Waals surface area (Å²) in [6.45, 7) is 3.26. The Bertz CT molecular complexity index is 254. The van der Waals surface area contributed by atoms with E-state index in [1.165, 1.54) is 0 Å². The Kier molecular flexibility index (Phi) is 4.08. The lowest BCUT2D eigenvalue weighted by Crippen LogP contribution is -2.29. The summed E-state index contributed by atoms with van der Waals surface area (Å²) in [4.78, 5) is 23.5. The average molecular weight is 215 g/mol. The van der Waals surface area contributed by atoms with Crippen LogP contribution in [0.5, 0.6) is 0 Å². The van der Waals surface area contributed by atoms with Gasteiger partial charge in [0.05, 0.1) is 6.42 Å². The second-order valence-electron chi connectivity index (χ2n) is 4.11. The molecule has 5 heteroatoms. The third-order valence-corrected chi connectivity index (χ3v) is 2.91. The molecule has 1 fully saturated rings. The number of hydrogen-bond acceptors (Lipinski definition) is 3. The number of amides is 1. The zero-order valence-electron chi connectivity index (χ0n) is 8.85. The number of rotatable bonds is 4. The number of likely N-dealkylation sites (tertiary alicyclic amines) is 1. The average Bonchev–Trinajstić information content (AvgIpc) is 2.56. The van der Waals surface area contributed by atoms with E-state index in [2.05, 4.69) is 0 Å². The van der Waals surface area contributed by atoms with E-state index in [1.54, 1.807) is 4.90 Å². The molecule has 0 aromatic carbocycles. The number of carboxylic acid groups (broad SMARTS) is 1. The molecule has 1 saturated heterocycles. The van der Waals surface area contributed by atoms with E-state index >= 15 is 0 Å². The molecule has 15 heavy (non-hydrogen) atoms. The summed E-state index contributed by atoms with van der Waals surface area (Å²) >= 11 is 0. The van der Waals surface area contributed by atoms with E-state index in [4.69, 9.17) is 10.2 Å². The SMILES string of the molecule is CC1CN(C(=O)CCC(=O)O)CC1CO. The van der Waals surface area contributed by atoms with E-state index < -0.39 is 5.97 Å². The third-order valence-electron chi connectivity index (χ3n) is 2.91. The quantitative estimate of drug-likeness (QED) is 0.688. The minimum Gasteiger partial charge on any atom is -0.481 e. The Morgan fingerprint density at radius 1 is 1.33 bits per heavy atom. The maximum Gasteiger partial charge on any atom is 0.303 e. The molecule has 0 aliphatic carbocycles. The van der Waals surface area contributed by atoms with Gasteiger partial charge >= 0.3 is 5.97 Å². The highest BCUT2D eigenvalue weighted by atomic mass is 16.4. The molecular formula is C10H17NO4. The summed E-state index contributed by atoms with van der Waals surface area (Å²) in [6.07, 6.45) is -0.0618. The molecule has 0 spiro atoms. The predicted molar refractivity (Wildman–Crippen MR) is 53.2 cm³/mol. The number of aliphatic hydroxyl groups excluding tert-OH is 1. The van der Waals surface area contributed by atoms with Crippen LogP contribution in [-0.2, 0) is 9.59 Å². The first-order chi connectivity index (χ1) is 7.04. The highest BCUT2D eigenvalue weighted by Crippen LogP contribution is 2.22. The molecule has 2 unspecified atom stereocenters. The van der Waals surface area contributed by atoms with Crippen molar-refractivity contribution < 1.29 is 19.8 Å². The van der Waals surface area contributed by atoms with Gasteiger partial charge in [0.2, 0.25) is 5.91 Å². The monoisotopic (exact) mass is 215 g/mol. The second kappa shape index (κ2) is 5.11. The Balaban J connectivity index is 2.39. The molecule has 86 valence electrons. The molecule has 0 aromatic rings. The van der Waals surface area contributed by atoms with Crippen molar-refractivity contribution in [3.63, 3.8) is 0 Å². The fourth-order valence-electron chi connectivity index (χ4n) is 1.85. The highest BCUT2D eigenvalue weighted by molar-refractivity contribution is 5.80. The van der Waals surface area contributed by atoms with E-state index in [-0.39, 0.29) is 31.3 Å². The number of carbonyl (C=O) groups excluding carboxylic acids is 1. The smallest absolute Gasteiger partial charge is 0.303 e. The highest BCUT2D eigenvalue weighted by Gasteiger charge is 2.31. The number of hydrogen-bond donors (Lipinski definition) is 2. The van der Waals surface area contributed by atoms with Crippen molar-refractivity contribution in [2.75, 3.05) is 19.7 Å². The van der Waals surface area contributed by atoms with Gasteiger partial charge in [-0.3, -0.25) is 9.59 Å². The number of nitrogens with zero attached hydrogens (tertiary/aromatic N) is 1. The maximum absolute atomic E-state index is 11.5. The maximum atomic E-state index is 11.5. The molecule has 0 saturated carbocycles. The lowest BCUT2D eigenvalue weighted by Gasteiger charge is -2.15. The van der Waals surface area contributed by atoms with Gasteiger partial charge in [-0.25, -0.2) is 0 Å². The summed E-state index contributed by atoms with van der Waals surface area (Å²) < 4.78 is 0. The number of carbonyl (C=O) groups is 2. The molecule has 1 heterocycles. The van der Waals surface area contributed by atoms with Crippen LogP contribution >= 0.6 is 0 Å². The van der Waals surface area contributed by atoms with Crippen molar-refractivity contribution in [3.8, 4) is 0 Å². The summed E-state index contributed by atoms with van der Waals surface area (Å²) in [7, 11) is 0. The van der Waals surface area contributed by atoms with Crippen molar-refractivity contribution >= 4 is 11.9 Å². The Morgan fingerprint density at radius 2 is 2.00 bits per heavy atom. The van der Waals surface area contributed by atoms with E-state index in [1.807, 2.05) is 6.92 Å². The van der Waals surface area contributed by atoms with Gasteiger partial charge in [0.15, 0.2) is 0 Å². The van der Waals surface area contributed by atoms with Gasteiger partial charge in [-0.2, -0.15) is 0 Å². The normalized spacial score (nSPS) is 25.6. The minimum absolute atomic E-state index is 0.0558. The standard InChI is InChI=1S/C10H17NO4/c1-7-4-11(5-8(7)6-12)9(13)2-3-10(14)15/h7-8,12H,2-6H2,1H3,(H,14,15). The van der Waals surface area contributed by atoms with Crippen LogP contribution < -0.4 is 0 Å². The first-order valence-corrected chi connectivity index (χ1v) is 5.15.